The van der Waals surface area contributed by atoms with Crippen molar-refractivity contribution in [1.29, 1.82) is 0 Å². The third kappa shape index (κ3) is 6.59. The molecule has 0 aliphatic rings. The van der Waals surface area contributed by atoms with Crippen LogP contribution in [0.3, 0.4) is 0 Å². The van der Waals surface area contributed by atoms with E-state index >= 15 is 0 Å². The fraction of sp³-hybridized carbons (Fsp3) is 0.231. The maximum Gasteiger partial charge on any atom is 0.243 e. The molecule has 6 heteroatoms. The molecule has 32 heavy (non-hydrogen) atoms. The van der Waals surface area contributed by atoms with Crippen LogP contribution in [0.2, 0.25) is 10.0 Å². The Morgan fingerprint density at radius 2 is 1.47 bits per heavy atom. The molecule has 3 aromatic rings. The van der Waals surface area contributed by atoms with Gasteiger partial charge in [0.25, 0.3) is 0 Å². The number of nitrogens with one attached hydrogen (secondary N) is 1. The number of hydrogen-bond donors (Lipinski definition) is 1. The Hall–Kier alpha value is -2.82. The van der Waals surface area contributed by atoms with Gasteiger partial charge < -0.3 is 10.2 Å². The summed E-state index contributed by atoms with van der Waals surface area (Å²) in [5, 5.41) is 3.73. The van der Waals surface area contributed by atoms with E-state index in [2.05, 4.69) is 5.32 Å². The van der Waals surface area contributed by atoms with Gasteiger partial charge in [-0.2, -0.15) is 0 Å². The molecule has 0 fully saturated rings. The smallest absolute Gasteiger partial charge is 0.243 e. The molecule has 0 spiro atoms. The molecule has 0 bridgehead atoms. The minimum atomic E-state index is -0.646. The van der Waals surface area contributed by atoms with Crippen molar-refractivity contribution in [2.75, 3.05) is 6.54 Å². The number of likely N-dealkylation sites (N-methyl/N-ethyl adjacent to an activating group) is 1. The molecule has 0 unspecified atom stereocenters. The Morgan fingerprint density at radius 3 is 2.06 bits per heavy atom. The number of carbonyl (C=O) groups excluding carboxylic acids is 2. The summed E-state index contributed by atoms with van der Waals surface area (Å²) in [7, 11) is 0. The first kappa shape index (κ1) is 23.8. The molecule has 0 heterocycles. The first-order valence-electron chi connectivity index (χ1n) is 10.6. The molecule has 0 aliphatic carbocycles. The summed E-state index contributed by atoms with van der Waals surface area (Å²) in [6.07, 6.45) is 0.543. The zero-order valence-electron chi connectivity index (χ0n) is 17.9. The zero-order valence-corrected chi connectivity index (χ0v) is 19.4. The number of halogens is 2. The summed E-state index contributed by atoms with van der Waals surface area (Å²) in [4.78, 5) is 28.3. The maximum atomic E-state index is 13.5. The molecule has 1 N–H and O–H groups in total. The summed E-state index contributed by atoms with van der Waals surface area (Å²) < 4.78 is 0. The Kier molecular flexibility index (Phi) is 8.72. The van der Waals surface area contributed by atoms with E-state index in [9.17, 15) is 9.59 Å². The van der Waals surface area contributed by atoms with Gasteiger partial charge in [0.2, 0.25) is 11.8 Å². The van der Waals surface area contributed by atoms with Gasteiger partial charge in [0.15, 0.2) is 0 Å². The summed E-state index contributed by atoms with van der Waals surface area (Å²) in [6.45, 7) is 2.69. The van der Waals surface area contributed by atoms with Gasteiger partial charge in [0.1, 0.15) is 6.04 Å². The number of amides is 2. The van der Waals surface area contributed by atoms with Crippen molar-refractivity contribution in [3.05, 3.63) is 106 Å². The van der Waals surface area contributed by atoms with Crippen LogP contribution < -0.4 is 5.32 Å². The van der Waals surface area contributed by atoms with E-state index < -0.39 is 6.04 Å². The van der Waals surface area contributed by atoms with Gasteiger partial charge in [-0.1, -0.05) is 89.9 Å². The normalized spacial score (nSPS) is 11.6. The third-order valence-corrected chi connectivity index (χ3v) is 5.90. The number of carbonyl (C=O) groups is 2. The minimum Gasteiger partial charge on any atom is -0.355 e. The molecule has 0 saturated heterocycles. The fourth-order valence-electron chi connectivity index (χ4n) is 3.55. The van der Waals surface area contributed by atoms with Gasteiger partial charge in [-0.3, -0.25) is 9.59 Å². The van der Waals surface area contributed by atoms with E-state index in [1.165, 1.54) is 0 Å². The van der Waals surface area contributed by atoms with Crippen LogP contribution >= 0.6 is 23.2 Å². The Labute approximate surface area is 199 Å². The highest BCUT2D eigenvalue weighted by atomic mass is 35.5. The van der Waals surface area contributed by atoms with Crippen LogP contribution in [0.1, 0.15) is 23.6 Å². The number of benzene rings is 3. The van der Waals surface area contributed by atoms with Crippen LogP contribution in [-0.2, 0) is 29.0 Å². The number of nitrogens with zero attached hydrogens (tertiary/aromatic N) is 1. The number of rotatable bonds is 9. The number of hydrogen-bond acceptors (Lipinski definition) is 2. The molecule has 1 atom stereocenters. The van der Waals surface area contributed by atoms with Gasteiger partial charge in [-0.25, -0.2) is 0 Å². The lowest BCUT2D eigenvalue weighted by atomic mass is 10.0. The van der Waals surface area contributed by atoms with E-state index in [1.54, 1.807) is 23.1 Å². The van der Waals surface area contributed by atoms with Crippen LogP contribution in [0.5, 0.6) is 0 Å². The van der Waals surface area contributed by atoms with Gasteiger partial charge in [-0.15, -0.1) is 0 Å². The van der Waals surface area contributed by atoms with E-state index in [0.717, 1.165) is 16.7 Å². The Morgan fingerprint density at radius 1 is 0.844 bits per heavy atom. The highest BCUT2D eigenvalue weighted by Gasteiger charge is 2.30. The van der Waals surface area contributed by atoms with Crippen molar-refractivity contribution in [3.63, 3.8) is 0 Å². The van der Waals surface area contributed by atoms with Crippen molar-refractivity contribution >= 4 is 35.0 Å². The second-order valence-electron chi connectivity index (χ2n) is 7.53. The standard InChI is InChI=1S/C26H26Cl2N2O2/c1-2-29-26(32)24(16-19-9-5-3-6-10-19)30(18-20-11-7-4-8-12-20)25(31)17-21-13-14-22(27)23(28)15-21/h3-15,24H,2,16-18H2,1H3,(H,29,32)/t24-/m1/s1. The highest BCUT2D eigenvalue weighted by molar-refractivity contribution is 6.42. The predicted octanol–water partition coefficient (Wildman–Crippen LogP) is 5.31. The van der Waals surface area contributed by atoms with Gasteiger partial charge >= 0.3 is 0 Å². The van der Waals surface area contributed by atoms with Crippen LogP contribution in [-0.4, -0.2) is 29.3 Å². The van der Waals surface area contributed by atoms with Crippen LogP contribution in [0, 0.1) is 0 Å². The van der Waals surface area contributed by atoms with Crippen LogP contribution in [0.4, 0.5) is 0 Å². The molecule has 166 valence electrons. The second kappa shape index (κ2) is 11.7. The monoisotopic (exact) mass is 468 g/mol. The Bertz CT molecular complexity index is 1040. The van der Waals surface area contributed by atoms with E-state index in [4.69, 9.17) is 23.2 Å². The van der Waals surface area contributed by atoms with Crippen LogP contribution in [0.25, 0.3) is 0 Å². The zero-order chi connectivity index (χ0) is 22.9. The Balaban J connectivity index is 1.94. The molecule has 0 aliphatic heterocycles. The first-order valence-corrected chi connectivity index (χ1v) is 11.3. The lowest BCUT2D eigenvalue weighted by Crippen LogP contribution is -2.50. The van der Waals surface area contributed by atoms with Crippen molar-refractivity contribution < 1.29 is 9.59 Å². The third-order valence-electron chi connectivity index (χ3n) is 5.16. The lowest BCUT2D eigenvalue weighted by molar-refractivity contribution is -0.140. The summed E-state index contributed by atoms with van der Waals surface area (Å²) in [5.74, 6) is -0.325. The van der Waals surface area contributed by atoms with Crippen molar-refractivity contribution in [1.82, 2.24) is 10.2 Å². The molecule has 0 aromatic heterocycles. The van der Waals surface area contributed by atoms with Crippen molar-refractivity contribution in [2.45, 2.75) is 32.4 Å². The van der Waals surface area contributed by atoms with Crippen molar-refractivity contribution in [2.24, 2.45) is 0 Å². The average Bonchev–Trinajstić information content (AvgIpc) is 2.80. The van der Waals surface area contributed by atoms with Gasteiger partial charge in [-0.05, 0) is 35.7 Å². The molecule has 2 amide bonds. The molecular formula is C26H26Cl2N2O2. The molecule has 3 rings (SSSR count). The summed E-state index contributed by atoms with van der Waals surface area (Å²) in [5.41, 5.74) is 2.69. The van der Waals surface area contributed by atoms with Gasteiger partial charge in [0, 0.05) is 19.5 Å². The van der Waals surface area contributed by atoms with Crippen LogP contribution in [0.15, 0.2) is 78.9 Å². The largest absolute Gasteiger partial charge is 0.355 e. The molecule has 3 aromatic carbocycles. The van der Waals surface area contributed by atoms with E-state index in [0.29, 0.717) is 29.6 Å². The quantitative estimate of drug-likeness (QED) is 0.462. The molecule has 0 radical (unpaired) electrons. The molecule has 4 nitrogen and oxygen atoms in total. The lowest BCUT2D eigenvalue weighted by Gasteiger charge is -2.31. The van der Waals surface area contributed by atoms with E-state index in [-0.39, 0.29) is 18.2 Å². The van der Waals surface area contributed by atoms with E-state index in [1.807, 2.05) is 67.6 Å². The minimum absolute atomic E-state index is 0.119. The van der Waals surface area contributed by atoms with Crippen molar-refractivity contribution in [3.8, 4) is 0 Å². The first-order chi connectivity index (χ1) is 15.5. The molecule has 0 saturated carbocycles. The average molecular weight is 469 g/mol. The topological polar surface area (TPSA) is 49.4 Å². The second-order valence-corrected chi connectivity index (χ2v) is 8.35. The predicted molar refractivity (Wildman–Crippen MR) is 130 cm³/mol. The summed E-state index contributed by atoms with van der Waals surface area (Å²) in [6, 6.07) is 23.9. The van der Waals surface area contributed by atoms with Gasteiger partial charge in [0.05, 0.1) is 16.5 Å². The highest BCUT2D eigenvalue weighted by Crippen LogP contribution is 2.24. The summed E-state index contributed by atoms with van der Waals surface area (Å²) >= 11 is 12.2. The molecular weight excluding hydrogens is 443 g/mol. The maximum absolute atomic E-state index is 13.5. The SMILES string of the molecule is CCNC(=O)[C@@H](Cc1ccccc1)N(Cc1ccccc1)C(=O)Cc1ccc(Cl)c(Cl)c1. The fourth-order valence-corrected chi connectivity index (χ4v) is 3.87.